The lowest BCUT2D eigenvalue weighted by molar-refractivity contribution is 0.569. The lowest BCUT2D eigenvalue weighted by Gasteiger charge is -2.16. The monoisotopic (exact) mass is 197 g/mol. The van der Waals surface area contributed by atoms with E-state index in [-0.39, 0.29) is 5.41 Å². The summed E-state index contributed by atoms with van der Waals surface area (Å²) in [5.41, 5.74) is 1.77. The van der Waals surface area contributed by atoms with Crippen molar-refractivity contribution in [3.8, 4) is 0 Å². The topological polar surface area (TPSA) is 30.0 Å². The van der Waals surface area contributed by atoms with Crippen LogP contribution in [0.25, 0.3) is 0 Å². The van der Waals surface area contributed by atoms with Crippen LogP contribution in [-0.2, 0) is 10.2 Å². The molecule has 0 fully saturated rings. The highest BCUT2D eigenvalue weighted by Gasteiger charge is 2.13. The third-order valence-electron chi connectivity index (χ3n) is 1.43. The van der Waals surface area contributed by atoms with E-state index in [1.807, 2.05) is 18.3 Å². The molecule has 72 valence electrons. The quantitative estimate of drug-likeness (QED) is 0.511. The first kappa shape index (κ1) is 12.2. The van der Waals surface area contributed by atoms with Crippen molar-refractivity contribution in [2.75, 3.05) is 0 Å². The molecule has 0 saturated carbocycles. The first-order valence-electron chi connectivity index (χ1n) is 4.01. The number of carbonyl (C=O) groups excluding carboxylic acids is 1. The van der Waals surface area contributed by atoms with E-state index in [9.17, 15) is 0 Å². The van der Waals surface area contributed by atoms with Crippen LogP contribution in [0.3, 0.4) is 0 Å². The van der Waals surface area contributed by atoms with Crippen LogP contribution in [0.2, 0.25) is 0 Å². The maximum atomic E-state index is 8.67. The lowest BCUT2D eigenvalue weighted by Crippen LogP contribution is -2.12. The molecule has 0 aliphatic rings. The maximum Gasteiger partial charge on any atom is 0.173 e. The second kappa shape index (κ2) is 5.75. The molecule has 0 radical (unpaired) electrons. The summed E-state index contributed by atoms with van der Waals surface area (Å²) in [6.07, 6.45) is 1.83. The van der Waals surface area contributed by atoms with Crippen LogP contribution < -0.4 is 0 Å². The van der Waals surface area contributed by atoms with Crippen LogP contribution in [-0.4, -0.2) is 10.6 Å². The van der Waals surface area contributed by atoms with Crippen molar-refractivity contribution < 1.29 is 4.79 Å². The van der Waals surface area contributed by atoms with Gasteiger partial charge in [-0.05, 0) is 12.1 Å². The van der Waals surface area contributed by atoms with Gasteiger partial charge in [0.15, 0.2) is 5.62 Å². The van der Waals surface area contributed by atoms with Gasteiger partial charge >= 0.3 is 0 Å². The molecule has 0 amide bonds. The molecule has 0 atom stereocenters. The van der Waals surface area contributed by atoms with Gasteiger partial charge in [0.05, 0.1) is 0 Å². The van der Waals surface area contributed by atoms with Crippen LogP contribution in [0.5, 0.6) is 0 Å². The number of carbonyl (C=O) groups is 1. The number of thiol groups is 1. The Morgan fingerprint density at radius 2 is 1.92 bits per heavy atom. The van der Waals surface area contributed by atoms with E-state index in [4.69, 9.17) is 4.79 Å². The van der Waals surface area contributed by atoms with Crippen LogP contribution in [0, 0.1) is 0 Å². The summed E-state index contributed by atoms with van der Waals surface area (Å²) in [4.78, 5) is 12.9. The SMILES string of the molecule is CC(C)(C)c1ccccn1.O=CS. The Morgan fingerprint density at radius 3 is 2.15 bits per heavy atom. The van der Waals surface area contributed by atoms with E-state index in [0.29, 0.717) is 5.62 Å². The predicted octanol–water partition coefficient (Wildman–Crippen LogP) is 2.49. The van der Waals surface area contributed by atoms with E-state index < -0.39 is 0 Å². The molecule has 0 bridgehead atoms. The fourth-order valence-electron chi connectivity index (χ4n) is 0.806. The Bertz CT molecular complexity index is 241. The number of nitrogens with zero attached hydrogens (tertiary/aromatic N) is 1. The molecular formula is C10H15NOS. The number of hydrogen-bond donors (Lipinski definition) is 1. The van der Waals surface area contributed by atoms with Gasteiger partial charge in [0.1, 0.15) is 0 Å². The zero-order chi connectivity index (χ0) is 10.3. The van der Waals surface area contributed by atoms with E-state index >= 15 is 0 Å². The van der Waals surface area contributed by atoms with Crippen molar-refractivity contribution in [2.45, 2.75) is 26.2 Å². The number of rotatable bonds is 0. The molecule has 0 aliphatic heterocycles. The Morgan fingerprint density at radius 1 is 1.38 bits per heavy atom. The molecule has 1 heterocycles. The molecule has 2 nitrogen and oxygen atoms in total. The molecule has 0 aromatic carbocycles. The number of pyridine rings is 1. The largest absolute Gasteiger partial charge is 0.291 e. The van der Waals surface area contributed by atoms with Crippen molar-refractivity contribution in [3.63, 3.8) is 0 Å². The van der Waals surface area contributed by atoms with E-state index in [1.165, 1.54) is 0 Å². The van der Waals surface area contributed by atoms with Crippen LogP contribution in [0.15, 0.2) is 24.4 Å². The van der Waals surface area contributed by atoms with Crippen molar-refractivity contribution >= 4 is 18.2 Å². The molecule has 1 aromatic heterocycles. The zero-order valence-electron chi connectivity index (χ0n) is 8.19. The predicted molar refractivity (Wildman–Crippen MR) is 58.7 cm³/mol. The Kier molecular flexibility index (Phi) is 5.39. The normalized spacial score (nSPS) is 9.85. The molecular weight excluding hydrogens is 182 g/mol. The van der Waals surface area contributed by atoms with Gasteiger partial charge in [0.2, 0.25) is 0 Å². The van der Waals surface area contributed by atoms with Crippen LogP contribution in [0.1, 0.15) is 26.5 Å². The summed E-state index contributed by atoms with van der Waals surface area (Å²) in [5, 5.41) is 0. The molecule has 0 aliphatic carbocycles. The standard InChI is InChI=1S/C9H13N.CH2OS/c1-9(2,3)8-6-4-5-7-10-8;2-1-3/h4-7H,1-3H3;1H,(H,2,3). The Labute approximate surface area is 84.8 Å². The van der Waals surface area contributed by atoms with E-state index in [1.54, 1.807) is 0 Å². The summed E-state index contributed by atoms with van der Waals surface area (Å²) >= 11 is 3.11. The molecule has 0 spiro atoms. The fourth-order valence-corrected chi connectivity index (χ4v) is 0.806. The molecule has 1 rings (SSSR count). The van der Waals surface area contributed by atoms with Gasteiger partial charge in [-0.3, -0.25) is 9.78 Å². The first-order valence-corrected chi connectivity index (χ1v) is 4.53. The zero-order valence-corrected chi connectivity index (χ0v) is 9.08. The van der Waals surface area contributed by atoms with Gasteiger partial charge in [-0.2, -0.15) is 0 Å². The second-order valence-corrected chi connectivity index (χ2v) is 3.78. The highest BCUT2D eigenvalue weighted by Crippen LogP contribution is 2.18. The van der Waals surface area contributed by atoms with Gasteiger partial charge in [-0.1, -0.05) is 26.8 Å². The average molecular weight is 197 g/mol. The minimum Gasteiger partial charge on any atom is -0.291 e. The average Bonchev–Trinajstić information content (AvgIpc) is 2.06. The number of hydrogen-bond acceptors (Lipinski definition) is 2. The highest BCUT2D eigenvalue weighted by atomic mass is 32.1. The number of aromatic nitrogens is 1. The Hall–Kier alpha value is -0.830. The Balaban J connectivity index is 0.000000424. The minimum atomic E-state index is 0.182. The van der Waals surface area contributed by atoms with Gasteiger partial charge in [-0.15, -0.1) is 12.6 Å². The summed E-state index contributed by atoms with van der Waals surface area (Å²) in [7, 11) is 0. The smallest absolute Gasteiger partial charge is 0.173 e. The van der Waals surface area contributed by atoms with Crippen molar-refractivity contribution in [2.24, 2.45) is 0 Å². The van der Waals surface area contributed by atoms with Gasteiger partial charge in [0.25, 0.3) is 0 Å². The summed E-state index contributed by atoms with van der Waals surface area (Å²) in [6.45, 7) is 6.49. The summed E-state index contributed by atoms with van der Waals surface area (Å²) in [5.74, 6) is 0. The first-order chi connectivity index (χ1) is 6.02. The molecule has 0 N–H and O–H groups in total. The van der Waals surface area contributed by atoms with Crippen LogP contribution >= 0.6 is 12.6 Å². The highest BCUT2D eigenvalue weighted by molar-refractivity contribution is 7.94. The van der Waals surface area contributed by atoms with Gasteiger partial charge < -0.3 is 0 Å². The molecule has 0 saturated heterocycles. The molecule has 0 unspecified atom stereocenters. The fraction of sp³-hybridized carbons (Fsp3) is 0.400. The van der Waals surface area contributed by atoms with Gasteiger partial charge in [-0.25, -0.2) is 0 Å². The third-order valence-corrected chi connectivity index (χ3v) is 1.43. The molecule has 1 aromatic rings. The molecule has 3 heteroatoms. The summed E-state index contributed by atoms with van der Waals surface area (Å²) in [6, 6.07) is 6.02. The molecule has 13 heavy (non-hydrogen) atoms. The van der Waals surface area contributed by atoms with E-state index in [0.717, 1.165) is 5.69 Å². The van der Waals surface area contributed by atoms with Crippen LogP contribution in [0.4, 0.5) is 0 Å². The minimum absolute atomic E-state index is 0.182. The van der Waals surface area contributed by atoms with E-state index in [2.05, 4.69) is 44.5 Å². The van der Waals surface area contributed by atoms with Crippen molar-refractivity contribution in [3.05, 3.63) is 30.1 Å². The van der Waals surface area contributed by atoms with Crippen molar-refractivity contribution in [1.29, 1.82) is 0 Å². The van der Waals surface area contributed by atoms with Gasteiger partial charge in [0, 0.05) is 17.3 Å². The third kappa shape index (κ3) is 5.42. The lowest BCUT2D eigenvalue weighted by atomic mass is 9.92. The second-order valence-electron chi connectivity index (χ2n) is 3.57. The van der Waals surface area contributed by atoms with Crippen molar-refractivity contribution in [1.82, 2.24) is 4.98 Å². The summed E-state index contributed by atoms with van der Waals surface area (Å²) < 4.78 is 0. The maximum absolute atomic E-state index is 8.67.